The van der Waals surface area contributed by atoms with Crippen LogP contribution in [0.15, 0.2) is 83.4 Å². The first kappa shape index (κ1) is 24.7. The summed E-state index contributed by atoms with van der Waals surface area (Å²) in [5, 5.41) is 15.1. The molecule has 2 aromatic heterocycles. The first-order valence-electron chi connectivity index (χ1n) is 12.5. The predicted molar refractivity (Wildman–Crippen MR) is 143 cm³/mol. The summed E-state index contributed by atoms with van der Waals surface area (Å²) in [6, 6.07) is 20.9. The van der Waals surface area contributed by atoms with Crippen molar-refractivity contribution in [2.24, 2.45) is 0 Å². The number of nitrogens with zero attached hydrogens (tertiary/aromatic N) is 2. The molecule has 7 heteroatoms. The van der Waals surface area contributed by atoms with Gasteiger partial charge in [-0.05, 0) is 54.8 Å². The van der Waals surface area contributed by atoms with E-state index >= 15 is 0 Å². The average Bonchev–Trinajstić information content (AvgIpc) is 3.37. The van der Waals surface area contributed by atoms with Crippen LogP contribution in [0.2, 0.25) is 0 Å². The minimum absolute atomic E-state index is 0.242. The highest BCUT2D eigenvalue weighted by atomic mass is 16.5. The zero-order valence-electron chi connectivity index (χ0n) is 20.9. The molecule has 3 heterocycles. The van der Waals surface area contributed by atoms with Crippen LogP contribution in [0.3, 0.4) is 0 Å². The normalized spacial score (nSPS) is 15.7. The van der Waals surface area contributed by atoms with Gasteiger partial charge in [0.2, 0.25) is 0 Å². The number of nitrogens with one attached hydrogen (secondary N) is 1. The molecule has 190 valence electrons. The van der Waals surface area contributed by atoms with Crippen molar-refractivity contribution in [2.45, 2.75) is 25.0 Å². The van der Waals surface area contributed by atoms with Crippen molar-refractivity contribution in [2.75, 3.05) is 26.7 Å². The standard InChI is InChI=1S/C30H31N3O4/c1-36-26-10-3-2-7-22(26)8-6-16-33-17-13-30(35,14-18-33)24-11-12-27-23(19-24)20-28(37-27)29(34)32-21-25-9-4-5-15-31-25/h2-12,15,19-20,35H,13-14,16-18,21H2,1H3,(H,32,34). The molecule has 4 aromatic rings. The van der Waals surface area contributed by atoms with Crippen molar-refractivity contribution >= 4 is 23.0 Å². The molecule has 2 N–H and O–H groups in total. The fraction of sp³-hybridized carbons (Fsp3) is 0.267. The number of hydrogen-bond acceptors (Lipinski definition) is 6. The minimum Gasteiger partial charge on any atom is -0.496 e. The van der Waals surface area contributed by atoms with Gasteiger partial charge in [-0.2, -0.15) is 0 Å². The second-order valence-corrected chi connectivity index (χ2v) is 9.34. The molecule has 0 spiro atoms. The Kier molecular flexibility index (Phi) is 7.35. The SMILES string of the molecule is COc1ccccc1C=CCN1CCC(O)(c2ccc3oc(C(=O)NCc4ccccn4)cc3c2)CC1. The first-order chi connectivity index (χ1) is 18.0. The molecule has 2 aromatic carbocycles. The summed E-state index contributed by atoms with van der Waals surface area (Å²) in [5.41, 5.74) is 2.39. The Bertz CT molecular complexity index is 1390. The predicted octanol–water partition coefficient (Wildman–Crippen LogP) is 4.76. The van der Waals surface area contributed by atoms with Crippen LogP contribution in [0, 0.1) is 0 Å². The smallest absolute Gasteiger partial charge is 0.287 e. The molecular weight excluding hydrogens is 466 g/mol. The first-order valence-corrected chi connectivity index (χ1v) is 12.5. The quantitative estimate of drug-likeness (QED) is 0.365. The number of methoxy groups -OCH3 is 1. The minimum atomic E-state index is -0.907. The number of likely N-dealkylation sites (tertiary alicyclic amines) is 1. The molecule has 0 radical (unpaired) electrons. The van der Waals surface area contributed by atoms with Crippen molar-refractivity contribution < 1.29 is 19.1 Å². The fourth-order valence-electron chi connectivity index (χ4n) is 4.73. The number of aliphatic hydroxyl groups is 1. The van der Waals surface area contributed by atoms with Crippen LogP contribution in [-0.2, 0) is 12.1 Å². The number of pyridine rings is 1. The van der Waals surface area contributed by atoms with Gasteiger partial charge in [-0.15, -0.1) is 0 Å². The molecule has 7 nitrogen and oxygen atoms in total. The van der Waals surface area contributed by atoms with Crippen LogP contribution in [0.4, 0.5) is 0 Å². The Labute approximate surface area is 216 Å². The number of para-hydroxylation sites is 1. The number of fused-ring (bicyclic) bond motifs is 1. The van der Waals surface area contributed by atoms with E-state index in [0.29, 0.717) is 25.0 Å². The molecule has 5 rings (SSSR count). The van der Waals surface area contributed by atoms with Crippen LogP contribution >= 0.6 is 0 Å². The molecule has 37 heavy (non-hydrogen) atoms. The van der Waals surface area contributed by atoms with Crippen molar-refractivity contribution in [3.8, 4) is 5.75 Å². The molecule has 0 atom stereocenters. The highest BCUT2D eigenvalue weighted by molar-refractivity contribution is 5.96. The van der Waals surface area contributed by atoms with E-state index in [1.165, 1.54) is 0 Å². The number of piperidine rings is 1. The fourth-order valence-corrected chi connectivity index (χ4v) is 4.73. The van der Waals surface area contributed by atoms with E-state index in [0.717, 1.165) is 47.6 Å². The lowest BCUT2D eigenvalue weighted by atomic mass is 9.84. The molecule has 1 amide bonds. The highest BCUT2D eigenvalue weighted by Gasteiger charge is 2.34. The van der Waals surface area contributed by atoms with E-state index in [9.17, 15) is 9.90 Å². The molecule has 1 aliphatic heterocycles. The maximum Gasteiger partial charge on any atom is 0.287 e. The van der Waals surface area contributed by atoms with Crippen molar-refractivity contribution in [1.29, 1.82) is 0 Å². The molecule has 1 saturated heterocycles. The van der Waals surface area contributed by atoms with E-state index in [1.54, 1.807) is 19.4 Å². The van der Waals surface area contributed by atoms with Gasteiger partial charge in [-0.3, -0.25) is 14.7 Å². The number of rotatable bonds is 8. The van der Waals surface area contributed by atoms with Gasteiger partial charge in [-0.25, -0.2) is 0 Å². The lowest BCUT2D eigenvalue weighted by Gasteiger charge is -2.38. The van der Waals surface area contributed by atoms with Crippen molar-refractivity contribution in [3.63, 3.8) is 0 Å². The average molecular weight is 498 g/mol. The van der Waals surface area contributed by atoms with Crippen LogP contribution in [-0.4, -0.2) is 47.6 Å². The lowest BCUT2D eigenvalue weighted by molar-refractivity contribution is -0.0232. The number of furan rings is 1. The maximum absolute atomic E-state index is 12.6. The van der Waals surface area contributed by atoms with E-state index in [4.69, 9.17) is 9.15 Å². The number of hydrogen-bond donors (Lipinski definition) is 2. The van der Waals surface area contributed by atoms with Crippen LogP contribution in [0.5, 0.6) is 5.75 Å². The van der Waals surface area contributed by atoms with Gasteiger partial charge in [0, 0.05) is 36.8 Å². The monoisotopic (exact) mass is 497 g/mol. The summed E-state index contributed by atoms with van der Waals surface area (Å²) in [7, 11) is 1.68. The summed E-state index contributed by atoms with van der Waals surface area (Å²) in [4.78, 5) is 19.1. The Morgan fingerprint density at radius 2 is 1.95 bits per heavy atom. The Hall–Kier alpha value is -3.94. The Balaban J connectivity index is 1.19. The zero-order valence-corrected chi connectivity index (χ0v) is 20.9. The molecule has 1 fully saturated rings. The van der Waals surface area contributed by atoms with Crippen LogP contribution in [0.1, 0.15) is 40.2 Å². The van der Waals surface area contributed by atoms with Crippen LogP contribution in [0.25, 0.3) is 17.0 Å². The van der Waals surface area contributed by atoms with Gasteiger partial charge in [0.15, 0.2) is 5.76 Å². The number of carbonyl (C=O) groups is 1. The third-order valence-corrected chi connectivity index (χ3v) is 6.92. The Morgan fingerprint density at radius 1 is 1.14 bits per heavy atom. The third-order valence-electron chi connectivity index (χ3n) is 6.92. The zero-order chi connectivity index (χ0) is 25.7. The van der Waals surface area contributed by atoms with Gasteiger partial charge >= 0.3 is 0 Å². The summed E-state index contributed by atoms with van der Waals surface area (Å²) in [5.74, 6) is 0.804. The molecular formula is C30H31N3O4. The third kappa shape index (κ3) is 5.74. The molecule has 1 aliphatic rings. The van der Waals surface area contributed by atoms with Gasteiger partial charge in [0.1, 0.15) is 11.3 Å². The number of benzene rings is 2. The maximum atomic E-state index is 12.6. The largest absolute Gasteiger partial charge is 0.496 e. The molecule has 0 aliphatic carbocycles. The second-order valence-electron chi connectivity index (χ2n) is 9.34. The van der Waals surface area contributed by atoms with Crippen molar-refractivity contribution in [3.05, 3.63) is 102 Å². The van der Waals surface area contributed by atoms with Crippen molar-refractivity contribution in [1.82, 2.24) is 15.2 Å². The van der Waals surface area contributed by atoms with E-state index in [-0.39, 0.29) is 11.7 Å². The molecule has 0 unspecified atom stereocenters. The summed E-state index contributed by atoms with van der Waals surface area (Å²) < 4.78 is 11.2. The highest BCUT2D eigenvalue weighted by Crippen LogP contribution is 2.35. The van der Waals surface area contributed by atoms with E-state index in [2.05, 4.69) is 27.4 Å². The number of carbonyl (C=O) groups excluding carboxylic acids is 1. The number of ether oxygens (including phenoxy) is 1. The topological polar surface area (TPSA) is 87.8 Å². The summed E-state index contributed by atoms with van der Waals surface area (Å²) in [6.07, 6.45) is 7.18. The lowest BCUT2D eigenvalue weighted by Crippen LogP contribution is -2.42. The van der Waals surface area contributed by atoms with E-state index in [1.807, 2.05) is 60.7 Å². The van der Waals surface area contributed by atoms with Crippen LogP contribution < -0.4 is 10.1 Å². The number of amides is 1. The van der Waals surface area contributed by atoms with Gasteiger partial charge in [0.05, 0.1) is 24.9 Å². The Morgan fingerprint density at radius 3 is 2.73 bits per heavy atom. The van der Waals surface area contributed by atoms with E-state index < -0.39 is 5.60 Å². The van der Waals surface area contributed by atoms with Gasteiger partial charge in [-0.1, -0.05) is 42.5 Å². The van der Waals surface area contributed by atoms with Gasteiger partial charge < -0.3 is 19.6 Å². The second kappa shape index (κ2) is 11.0. The molecule has 0 bridgehead atoms. The molecule has 0 saturated carbocycles. The number of aromatic nitrogens is 1. The van der Waals surface area contributed by atoms with Gasteiger partial charge in [0.25, 0.3) is 5.91 Å². The summed E-state index contributed by atoms with van der Waals surface area (Å²) in [6.45, 7) is 2.72. The summed E-state index contributed by atoms with van der Waals surface area (Å²) >= 11 is 0.